The van der Waals surface area contributed by atoms with Crippen LogP contribution in [0.2, 0.25) is 0 Å². The third-order valence-corrected chi connectivity index (χ3v) is 4.86. The smallest absolute Gasteiger partial charge is 0.239 e. The number of nitrogens with zero attached hydrogens (tertiary/aromatic N) is 4. The highest BCUT2D eigenvalue weighted by molar-refractivity contribution is 5.85. The lowest BCUT2D eigenvalue weighted by atomic mass is 9.99. The van der Waals surface area contributed by atoms with Gasteiger partial charge >= 0.3 is 0 Å². The molecule has 2 heterocycles. The number of nitrogens with two attached hydrogens (primary N) is 1. The van der Waals surface area contributed by atoms with Gasteiger partial charge in [-0.05, 0) is 19.3 Å². The van der Waals surface area contributed by atoms with Crippen LogP contribution in [0, 0.1) is 5.92 Å². The van der Waals surface area contributed by atoms with Crippen molar-refractivity contribution in [3.05, 3.63) is 18.0 Å². The molecule has 1 fully saturated rings. The molecule has 2 unspecified atom stereocenters. The molecule has 6 nitrogen and oxygen atoms in total. The summed E-state index contributed by atoms with van der Waals surface area (Å²) in [6.07, 6.45) is 5.98. The Kier molecular flexibility index (Phi) is 8.73. The summed E-state index contributed by atoms with van der Waals surface area (Å²) in [4.78, 5) is 16.9. The van der Waals surface area contributed by atoms with Gasteiger partial charge in [0.2, 0.25) is 5.91 Å². The van der Waals surface area contributed by atoms with Crippen LogP contribution in [0.15, 0.2) is 12.4 Å². The Labute approximate surface area is 151 Å². The molecule has 2 atom stereocenters. The fraction of sp³-hybridized carbons (Fsp3) is 0.765. The molecule has 0 aliphatic carbocycles. The molecule has 1 saturated heterocycles. The second-order valence-corrected chi connectivity index (χ2v) is 6.57. The zero-order valence-corrected chi connectivity index (χ0v) is 16.0. The topological polar surface area (TPSA) is 67.4 Å². The Bertz CT molecular complexity index is 507. The van der Waals surface area contributed by atoms with Crippen molar-refractivity contribution in [1.82, 2.24) is 19.6 Å². The summed E-state index contributed by atoms with van der Waals surface area (Å²) in [6.45, 7) is 11.5. The highest BCUT2D eigenvalue weighted by Gasteiger charge is 2.26. The van der Waals surface area contributed by atoms with E-state index in [4.69, 9.17) is 5.73 Å². The van der Waals surface area contributed by atoms with E-state index < -0.39 is 0 Å². The third kappa shape index (κ3) is 5.46. The Balaban J connectivity index is 0.00000288. The van der Waals surface area contributed by atoms with Crippen molar-refractivity contribution in [3.63, 3.8) is 0 Å². The molecule has 1 amide bonds. The van der Waals surface area contributed by atoms with Crippen LogP contribution in [0.1, 0.15) is 39.2 Å². The number of carbonyl (C=O) groups is 1. The normalized spacial score (nSPS) is 18.6. The van der Waals surface area contributed by atoms with Gasteiger partial charge < -0.3 is 10.6 Å². The second-order valence-electron chi connectivity index (χ2n) is 6.57. The molecule has 1 aliphatic rings. The third-order valence-electron chi connectivity index (χ3n) is 4.86. The van der Waals surface area contributed by atoms with Crippen LogP contribution in [-0.2, 0) is 17.9 Å². The molecule has 0 bridgehead atoms. The van der Waals surface area contributed by atoms with Crippen molar-refractivity contribution in [2.75, 3.05) is 26.2 Å². The number of halogens is 1. The molecular weight excluding hydrogens is 326 g/mol. The number of amides is 1. The maximum atomic E-state index is 12.5. The van der Waals surface area contributed by atoms with E-state index in [0.717, 1.165) is 52.1 Å². The van der Waals surface area contributed by atoms with Gasteiger partial charge in [0, 0.05) is 51.0 Å². The first kappa shape index (κ1) is 20.9. The molecule has 1 aromatic rings. The van der Waals surface area contributed by atoms with Crippen LogP contribution in [0.4, 0.5) is 0 Å². The van der Waals surface area contributed by atoms with Gasteiger partial charge in [0.25, 0.3) is 0 Å². The van der Waals surface area contributed by atoms with E-state index in [-0.39, 0.29) is 30.3 Å². The van der Waals surface area contributed by atoms with Gasteiger partial charge in [-0.25, -0.2) is 0 Å². The van der Waals surface area contributed by atoms with Crippen LogP contribution < -0.4 is 5.73 Å². The monoisotopic (exact) mass is 357 g/mol. The number of aromatic nitrogens is 2. The largest absolute Gasteiger partial charge is 0.340 e. The average molecular weight is 358 g/mol. The molecule has 0 radical (unpaired) electrons. The van der Waals surface area contributed by atoms with Gasteiger partial charge in [0.05, 0.1) is 12.2 Å². The van der Waals surface area contributed by atoms with Crippen molar-refractivity contribution < 1.29 is 4.79 Å². The minimum atomic E-state index is -0.366. The first-order chi connectivity index (χ1) is 11.0. The van der Waals surface area contributed by atoms with Gasteiger partial charge in [-0.15, -0.1) is 12.4 Å². The standard InChI is InChI=1S/C17H31N5O.ClH/c1-4-14(3)16(18)17(23)21-8-6-7-20(9-10-21)12-15-11-19-22(5-2)13-15;/h11,13-14,16H,4-10,12,18H2,1-3H3;1H. The van der Waals surface area contributed by atoms with Crippen LogP contribution in [0.5, 0.6) is 0 Å². The summed E-state index contributed by atoms with van der Waals surface area (Å²) in [5.74, 6) is 0.349. The zero-order chi connectivity index (χ0) is 16.8. The molecule has 0 saturated carbocycles. The van der Waals surface area contributed by atoms with Crippen molar-refractivity contribution in [2.45, 2.75) is 52.7 Å². The second kappa shape index (κ2) is 10.0. The van der Waals surface area contributed by atoms with Crippen molar-refractivity contribution in [3.8, 4) is 0 Å². The lowest BCUT2D eigenvalue weighted by Crippen LogP contribution is -2.48. The van der Waals surface area contributed by atoms with Gasteiger partial charge in [0.15, 0.2) is 0 Å². The molecule has 2 rings (SSSR count). The molecular formula is C17H32ClN5O. The number of carbonyl (C=O) groups excluding carboxylic acids is 1. The molecule has 1 aromatic heterocycles. The van der Waals surface area contributed by atoms with Crippen LogP contribution in [0.25, 0.3) is 0 Å². The van der Waals surface area contributed by atoms with Gasteiger partial charge in [-0.3, -0.25) is 14.4 Å². The summed E-state index contributed by atoms with van der Waals surface area (Å²) in [7, 11) is 0. The molecule has 138 valence electrons. The van der Waals surface area contributed by atoms with E-state index in [1.807, 2.05) is 15.8 Å². The summed E-state index contributed by atoms with van der Waals surface area (Å²) in [5, 5.41) is 4.33. The molecule has 24 heavy (non-hydrogen) atoms. The predicted molar refractivity (Wildman–Crippen MR) is 99.1 cm³/mol. The minimum absolute atomic E-state index is 0. The highest BCUT2D eigenvalue weighted by atomic mass is 35.5. The molecule has 0 spiro atoms. The maximum Gasteiger partial charge on any atom is 0.239 e. The van der Waals surface area contributed by atoms with Crippen molar-refractivity contribution >= 4 is 18.3 Å². The summed E-state index contributed by atoms with van der Waals surface area (Å²) in [5.41, 5.74) is 7.35. The van der Waals surface area contributed by atoms with Crippen molar-refractivity contribution in [1.29, 1.82) is 0 Å². The van der Waals surface area contributed by atoms with E-state index >= 15 is 0 Å². The van der Waals surface area contributed by atoms with Crippen molar-refractivity contribution in [2.24, 2.45) is 11.7 Å². The van der Waals surface area contributed by atoms with Crippen LogP contribution in [-0.4, -0.2) is 57.7 Å². The minimum Gasteiger partial charge on any atom is -0.340 e. The van der Waals surface area contributed by atoms with Crippen LogP contribution >= 0.6 is 12.4 Å². The lowest BCUT2D eigenvalue weighted by Gasteiger charge is -2.27. The molecule has 1 aliphatic heterocycles. The van der Waals surface area contributed by atoms with E-state index in [9.17, 15) is 4.79 Å². The van der Waals surface area contributed by atoms with Crippen LogP contribution in [0.3, 0.4) is 0 Å². The van der Waals surface area contributed by atoms with Gasteiger partial charge in [-0.1, -0.05) is 20.3 Å². The summed E-state index contributed by atoms with van der Waals surface area (Å²) >= 11 is 0. The fourth-order valence-electron chi connectivity index (χ4n) is 2.98. The first-order valence-electron chi connectivity index (χ1n) is 8.83. The van der Waals surface area contributed by atoms with Gasteiger partial charge in [0.1, 0.15) is 0 Å². The average Bonchev–Trinajstić information content (AvgIpc) is 2.90. The Hall–Kier alpha value is -1.11. The Morgan fingerprint density at radius 3 is 2.67 bits per heavy atom. The van der Waals surface area contributed by atoms with E-state index in [1.54, 1.807) is 0 Å². The molecule has 2 N–H and O–H groups in total. The maximum absolute atomic E-state index is 12.5. The fourth-order valence-corrected chi connectivity index (χ4v) is 2.98. The Morgan fingerprint density at radius 2 is 2.04 bits per heavy atom. The summed E-state index contributed by atoms with van der Waals surface area (Å²) < 4.78 is 1.95. The quantitative estimate of drug-likeness (QED) is 0.842. The molecule has 7 heteroatoms. The van der Waals surface area contributed by atoms with E-state index in [1.165, 1.54) is 5.56 Å². The lowest BCUT2D eigenvalue weighted by molar-refractivity contribution is -0.133. The number of hydrogen-bond acceptors (Lipinski definition) is 4. The number of hydrogen-bond donors (Lipinski definition) is 1. The van der Waals surface area contributed by atoms with E-state index in [0.29, 0.717) is 0 Å². The predicted octanol–water partition coefficient (Wildman–Crippen LogP) is 1.73. The SMILES string of the molecule is CCC(C)C(N)C(=O)N1CCCN(Cc2cnn(CC)c2)CC1.Cl. The summed E-state index contributed by atoms with van der Waals surface area (Å²) in [6, 6.07) is -0.366. The Morgan fingerprint density at radius 1 is 1.29 bits per heavy atom. The van der Waals surface area contributed by atoms with E-state index in [2.05, 4.69) is 37.0 Å². The highest BCUT2D eigenvalue weighted by Crippen LogP contribution is 2.12. The number of aryl methyl sites for hydroxylation is 1. The first-order valence-corrected chi connectivity index (χ1v) is 8.83. The van der Waals surface area contributed by atoms with Gasteiger partial charge in [-0.2, -0.15) is 5.10 Å². The molecule has 0 aromatic carbocycles. The number of rotatable bonds is 6. The zero-order valence-electron chi connectivity index (χ0n) is 15.1.